The lowest BCUT2D eigenvalue weighted by Gasteiger charge is -2.07. The Hall–Kier alpha value is -3.86. The lowest BCUT2D eigenvalue weighted by atomic mass is 10.2. The molecule has 2 amide bonds. The molecule has 0 fully saturated rings. The third-order valence-electron chi connectivity index (χ3n) is 3.66. The first-order valence-corrected chi connectivity index (χ1v) is 8.46. The number of esters is 1. The van der Waals surface area contributed by atoms with Gasteiger partial charge in [0.1, 0.15) is 17.3 Å². The predicted octanol–water partition coefficient (Wildman–Crippen LogP) is 2.44. The number of hydrogen-bond donors (Lipinski definition) is 2. The van der Waals surface area contributed by atoms with Gasteiger partial charge in [-0.1, -0.05) is 0 Å². The Morgan fingerprint density at radius 1 is 1.18 bits per heavy atom. The van der Waals surface area contributed by atoms with Gasteiger partial charge in [0.05, 0.1) is 12.2 Å². The standard InChI is InChI=1S/C20H20N4O4/c1-4-28-20(27)13-5-7-15(8-6-13)23-18(25)14(12-21)11-16-9-10-17(22-16)19(26)24(2)3/h5-11,22H,4H2,1-3H3,(H,23,25)/b14-11-. The summed E-state index contributed by atoms with van der Waals surface area (Å²) in [7, 11) is 3.25. The number of carbonyl (C=O) groups excluding carboxylic acids is 3. The molecule has 1 aromatic carbocycles. The molecule has 0 unspecified atom stereocenters. The highest BCUT2D eigenvalue weighted by Crippen LogP contribution is 2.14. The number of nitriles is 1. The highest BCUT2D eigenvalue weighted by atomic mass is 16.5. The van der Waals surface area contributed by atoms with E-state index < -0.39 is 11.9 Å². The van der Waals surface area contributed by atoms with Gasteiger partial charge in [-0.05, 0) is 49.4 Å². The molecule has 1 aromatic heterocycles. The number of amides is 2. The van der Waals surface area contributed by atoms with Gasteiger partial charge in [0, 0.05) is 25.5 Å². The highest BCUT2D eigenvalue weighted by Gasteiger charge is 2.13. The van der Waals surface area contributed by atoms with Crippen molar-refractivity contribution in [3.8, 4) is 6.07 Å². The van der Waals surface area contributed by atoms with Crippen molar-refractivity contribution < 1.29 is 19.1 Å². The molecule has 8 heteroatoms. The SMILES string of the molecule is CCOC(=O)c1ccc(NC(=O)/C(C#N)=C\c2ccc(C(=O)N(C)C)[nH]2)cc1. The first kappa shape index (κ1) is 20.5. The molecular weight excluding hydrogens is 360 g/mol. The second kappa shape index (κ2) is 9.19. The maximum Gasteiger partial charge on any atom is 0.338 e. The Kier molecular flexibility index (Phi) is 6.71. The highest BCUT2D eigenvalue weighted by molar-refractivity contribution is 6.09. The minimum absolute atomic E-state index is 0.139. The lowest BCUT2D eigenvalue weighted by Crippen LogP contribution is -2.21. The lowest BCUT2D eigenvalue weighted by molar-refractivity contribution is -0.112. The summed E-state index contributed by atoms with van der Waals surface area (Å²) in [6, 6.07) is 11.2. The molecule has 0 saturated carbocycles. The summed E-state index contributed by atoms with van der Waals surface area (Å²) in [6.45, 7) is 1.99. The number of carbonyl (C=O) groups is 3. The normalized spacial score (nSPS) is 10.7. The fourth-order valence-corrected chi connectivity index (χ4v) is 2.27. The summed E-state index contributed by atoms with van der Waals surface area (Å²) >= 11 is 0. The van der Waals surface area contributed by atoms with Crippen molar-refractivity contribution in [2.75, 3.05) is 26.0 Å². The van der Waals surface area contributed by atoms with Gasteiger partial charge in [0.2, 0.25) is 0 Å². The number of aromatic amines is 1. The zero-order valence-corrected chi connectivity index (χ0v) is 15.8. The van der Waals surface area contributed by atoms with Gasteiger partial charge in [-0.3, -0.25) is 9.59 Å². The third kappa shape index (κ3) is 5.08. The van der Waals surface area contributed by atoms with Crippen molar-refractivity contribution in [1.82, 2.24) is 9.88 Å². The first-order valence-electron chi connectivity index (χ1n) is 8.46. The zero-order valence-electron chi connectivity index (χ0n) is 15.8. The Balaban J connectivity index is 2.11. The van der Waals surface area contributed by atoms with Crippen LogP contribution in [0.2, 0.25) is 0 Å². The van der Waals surface area contributed by atoms with E-state index in [9.17, 15) is 19.6 Å². The quantitative estimate of drug-likeness (QED) is 0.454. The van der Waals surface area contributed by atoms with E-state index in [-0.39, 0.29) is 18.1 Å². The van der Waals surface area contributed by atoms with Crippen molar-refractivity contribution in [3.05, 3.63) is 58.9 Å². The molecule has 2 N–H and O–H groups in total. The van der Waals surface area contributed by atoms with Crippen LogP contribution in [0.15, 0.2) is 42.0 Å². The molecule has 8 nitrogen and oxygen atoms in total. The molecule has 28 heavy (non-hydrogen) atoms. The smallest absolute Gasteiger partial charge is 0.338 e. The fraction of sp³-hybridized carbons (Fsp3) is 0.200. The summed E-state index contributed by atoms with van der Waals surface area (Å²) in [5.74, 6) is -1.28. The van der Waals surface area contributed by atoms with E-state index >= 15 is 0 Å². The van der Waals surface area contributed by atoms with Crippen LogP contribution in [0.4, 0.5) is 5.69 Å². The van der Waals surface area contributed by atoms with E-state index in [1.165, 1.54) is 23.1 Å². The molecule has 0 aliphatic heterocycles. The average molecular weight is 380 g/mol. The van der Waals surface area contributed by atoms with E-state index in [1.807, 2.05) is 6.07 Å². The number of nitrogens with zero attached hydrogens (tertiary/aromatic N) is 2. The minimum atomic E-state index is -0.610. The van der Waals surface area contributed by atoms with Crippen LogP contribution in [-0.4, -0.2) is 48.4 Å². The number of H-pyrrole nitrogens is 1. The van der Waals surface area contributed by atoms with Crippen molar-refractivity contribution in [1.29, 1.82) is 5.26 Å². The van der Waals surface area contributed by atoms with Gasteiger partial charge in [-0.2, -0.15) is 5.26 Å². The van der Waals surface area contributed by atoms with Crippen molar-refractivity contribution >= 4 is 29.5 Å². The topological polar surface area (TPSA) is 115 Å². The second-order valence-corrected chi connectivity index (χ2v) is 5.95. The molecule has 0 saturated heterocycles. The molecule has 0 aliphatic rings. The molecular formula is C20H20N4O4. The van der Waals surface area contributed by atoms with E-state index in [0.717, 1.165) is 0 Å². The summed E-state index contributed by atoms with van der Waals surface area (Å²) in [4.78, 5) is 40.1. The number of aromatic nitrogens is 1. The average Bonchev–Trinajstić information content (AvgIpc) is 3.14. The van der Waals surface area contributed by atoms with Crippen LogP contribution in [0, 0.1) is 11.3 Å². The van der Waals surface area contributed by atoms with Crippen molar-refractivity contribution in [3.63, 3.8) is 0 Å². The second-order valence-electron chi connectivity index (χ2n) is 5.95. The van der Waals surface area contributed by atoms with Gasteiger partial charge in [-0.15, -0.1) is 0 Å². The molecule has 1 heterocycles. The van der Waals surface area contributed by atoms with Crippen LogP contribution in [0.25, 0.3) is 6.08 Å². The van der Waals surface area contributed by atoms with E-state index in [2.05, 4.69) is 10.3 Å². The van der Waals surface area contributed by atoms with Crippen LogP contribution in [0.3, 0.4) is 0 Å². The monoisotopic (exact) mass is 380 g/mol. The molecule has 0 atom stereocenters. The van der Waals surface area contributed by atoms with E-state index in [0.29, 0.717) is 22.6 Å². The summed E-state index contributed by atoms with van der Waals surface area (Å²) < 4.78 is 4.90. The van der Waals surface area contributed by atoms with Gasteiger partial charge >= 0.3 is 5.97 Å². The van der Waals surface area contributed by atoms with Crippen LogP contribution in [0.1, 0.15) is 33.5 Å². The Labute approximate surface area is 162 Å². The Morgan fingerprint density at radius 3 is 2.43 bits per heavy atom. The largest absolute Gasteiger partial charge is 0.462 e. The van der Waals surface area contributed by atoms with Crippen LogP contribution in [-0.2, 0) is 9.53 Å². The number of anilines is 1. The number of rotatable bonds is 6. The van der Waals surface area contributed by atoms with Crippen LogP contribution >= 0.6 is 0 Å². The van der Waals surface area contributed by atoms with Crippen molar-refractivity contribution in [2.24, 2.45) is 0 Å². The molecule has 0 bridgehead atoms. The van der Waals surface area contributed by atoms with Crippen LogP contribution < -0.4 is 5.32 Å². The minimum Gasteiger partial charge on any atom is -0.462 e. The molecule has 0 radical (unpaired) electrons. The zero-order chi connectivity index (χ0) is 20.7. The third-order valence-corrected chi connectivity index (χ3v) is 3.66. The van der Waals surface area contributed by atoms with Gasteiger partial charge < -0.3 is 19.9 Å². The van der Waals surface area contributed by atoms with E-state index in [4.69, 9.17) is 4.74 Å². The van der Waals surface area contributed by atoms with Gasteiger partial charge in [0.25, 0.3) is 11.8 Å². The number of hydrogen-bond acceptors (Lipinski definition) is 5. The summed E-state index contributed by atoms with van der Waals surface area (Å²) in [5, 5.41) is 11.9. The van der Waals surface area contributed by atoms with Crippen molar-refractivity contribution in [2.45, 2.75) is 6.92 Å². The summed E-state index contributed by atoms with van der Waals surface area (Å²) in [6.07, 6.45) is 1.36. The Bertz CT molecular complexity index is 949. The maximum atomic E-state index is 12.3. The molecule has 144 valence electrons. The van der Waals surface area contributed by atoms with Gasteiger partial charge in [0.15, 0.2) is 0 Å². The van der Waals surface area contributed by atoms with E-state index in [1.54, 1.807) is 45.3 Å². The fourth-order valence-electron chi connectivity index (χ4n) is 2.27. The number of benzene rings is 1. The van der Waals surface area contributed by atoms with Gasteiger partial charge in [-0.25, -0.2) is 4.79 Å². The Morgan fingerprint density at radius 2 is 1.86 bits per heavy atom. The maximum absolute atomic E-state index is 12.3. The van der Waals surface area contributed by atoms with Crippen LogP contribution in [0.5, 0.6) is 0 Å². The molecule has 0 aliphatic carbocycles. The molecule has 0 spiro atoms. The predicted molar refractivity (Wildman–Crippen MR) is 103 cm³/mol. The molecule has 2 rings (SSSR count). The first-order chi connectivity index (χ1) is 13.3. The number of ether oxygens (including phenoxy) is 1. The molecule has 2 aromatic rings. The number of nitrogens with one attached hydrogen (secondary N) is 2. The summed E-state index contributed by atoms with van der Waals surface area (Å²) in [5.41, 5.74) is 1.45.